The number of esters is 1. The summed E-state index contributed by atoms with van der Waals surface area (Å²) in [6.07, 6.45) is 0. The number of hydrogen-bond acceptors (Lipinski definition) is 3. The number of methoxy groups -OCH3 is 1. The van der Waals surface area contributed by atoms with Gasteiger partial charge in [0.2, 0.25) is 0 Å². The lowest BCUT2D eigenvalue weighted by Gasteiger charge is -2.09. The summed E-state index contributed by atoms with van der Waals surface area (Å²) < 4.78 is 7.12. The Morgan fingerprint density at radius 2 is 1.59 bits per heavy atom. The third-order valence-electron chi connectivity index (χ3n) is 5.45. The Labute approximate surface area is 167 Å². The van der Waals surface area contributed by atoms with Gasteiger partial charge in [-0.25, -0.2) is 4.79 Å². The first kappa shape index (κ1) is 17.3. The quantitative estimate of drug-likeness (QED) is 0.421. The van der Waals surface area contributed by atoms with Crippen LogP contribution in [0.2, 0.25) is 0 Å². The highest BCUT2D eigenvalue weighted by atomic mass is 16.5. The molecule has 4 heteroatoms. The molecule has 0 saturated carbocycles. The number of aromatic nitrogens is 1. The zero-order valence-electron chi connectivity index (χ0n) is 15.9. The summed E-state index contributed by atoms with van der Waals surface area (Å²) in [4.78, 5) is 12.4. The van der Waals surface area contributed by atoms with Crippen molar-refractivity contribution in [3.63, 3.8) is 0 Å². The maximum atomic E-state index is 12.4. The minimum Gasteiger partial charge on any atom is -0.507 e. The third-order valence-corrected chi connectivity index (χ3v) is 5.45. The van der Waals surface area contributed by atoms with Crippen molar-refractivity contribution >= 4 is 38.5 Å². The molecule has 0 atom stereocenters. The molecule has 5 aromatic rings. The topological polar surface area (TPSA) is 51.5 Å². The van der Waals surface area contributed by atoms with Crippen molar-refractivity contribution in [2.24, 2.45) is 0 Å². The predicted molar refractivity (Wildman–Crippen MR) is 115 cm³/mol. The van der Waals surface area contributed by atoms with Gasteiger partial charge in [-0.1, -0.05) is 48.5 Å². The molecule has 0 aliphatic carbocycles. The molecule has 0 saturated heterocycles. The van der Waals surface area contributed by atoms with Gasteiger partial charge in [-0.05, 0) is 46.7 Å². The molecule has 1 heterocycles. The average Bonchev–Trinajstić information content (AvgIpc) is 3.08. The zero-order chi connectivity index (χ0) is 20.0. The summed E-state index contributed by atoms with van der Waals surface area (Å²) in [6.45, 7) is 0.624. The summed E-state index contributed by atoms with van der Waals surface area (Å²) in [6, 6.07) is 25.7. The van der Waals surface area contributed by atoms with Crippen molar-refractivity contribution in [1.82, 2.24) is 4.57 Å². The van der Waals surface area contributed by atoms with Gasteiger partial charge in [-0.2, -0.15) is 0 Å². The van der Waals surface area contributed by atoms with Gasteiger partial charge in [0.1, 0.15) is 5.75 Å². The van der Waals surface area contributed by atoms with Crippen LogP contribution < -0.4 is 0 Å². The van der Waals surface area contributed by atoms with E-state index in [1.54, 1.807) is 12.1 Å². The Morgan fingerprint density at radius 3 is 2.38 bits per heavy atom. The van der Waals surface area contributed by atoms with E-state index < -0.39 is 5.97 Å². The number of fused-ring (bicyclic) bond motifs is 4. The molecule has 0 bridgehead atoms. The number of phenols is 1. The largest absolute Gasteiger partial charge is 0.507 e. The van der Waals surface area contributed by atoms with E-state index in [2.05, 4.69) is 34.9 Å². The fourth-order valence-corrected chi connectivity index (χ4v) is 4.14. The molecular formula is C25H19NO3. The second-order valence-electron chi connectivity index (χ2n) is 7.13. The predicted octanol–water partition coefficient (Wildman–Crippen LogP) is 5.49. The molecule has 0 unspecified atom stereocenters. The smallest absolute Gasteiger partial charge is 0.338 e. The highest BCUT2D eigenvalue weighted by Gasteiger charge is 2.20. The fourth-order valence-electron chi connectivity index (χ4n) is 4.14. The highest BCUT2D eigenvalue weighted by Crippen LogP contribution is 2.37. The molecule has 5 rings (SSSR count). The number of phenolic OH excluding ortho intramolecular Hbond substituents is 1. The molecule has 4 aromatic carbocycles. The lowest BCUT2D eigenvalue weighted by atomic mass is 10.1. The van der Waals surface area contributed by atoms with Crippen LogP contribution >= 0.6 is 0 Å². The molecule has 1 aromatic heterocycles. The van der Waals surface area contributed by atoms with Crippen LogP contribution in [-0.4, -0.2) is 22.8 Å². The first-order valence-electron chi connectivity index (χ1n) is 9.46. The van der Waals surface area contributed by atoms with Gasteiger partial charge >= 0.3 is 5.97 Å². The van der Waals surface area contributed by atoms with Gasteiger partial charge in [0.15, 0.2) is 0 Å². The van der Waals surface area contributed by atoms with Crippen molar-refractivity contribution in [3.8, 4) is 5.75 Å². The van der Waals surface area contributed by atoms with E-state index in [9.17, 15) is 9.90 Å². The molecule has 0 amide bonds. The second-order valence-corrected chi connectivity index (χ2v) is 7.13. The van der Waals surface area contributed by atoms with E-state index in [1.807, 2.05) is 36.4 Å². The second kappa shape index (κ2) is 6.67. The average molecular weight is 381 g/mol. The van der Waals surface area contributed by atoms with Crippen LogP contribution in [-0.2, 0) is 11.3 Å². The normalized spacial score (nSPS) is 11.3. The number of hydrogen-bond donors (Lipinski definition) is 1. The summed E-state index contributed by atoms with van der Waals surface area (Å²) in [5.41, 5.74) is 3.37. The van der Waals surface area contributed by atoms with Gasteiger partial charge in [-0.3, -0.25) is 0 Å². The molecule has 1 N–H and O–H groups in total. The van der Waals surface area contributed by atoms with E-state index in [4.69, 9.17) is 4.74 Å². The lowest BCUT2D eigenvalue weighted by Crippen LogP contribution is -2.02. The van der Waals surface area contributed by atoms with Gasteiger partial charge in [0.25, 0.3) is 0 Å². The van der Waals surface area contributed by atoms with Crippen molar-refractivity contribution in [2.45, 2.75) is 6.54 Å². The van der Waals surface area contributed by atoms with Gasteiger partial charge in [0, 0.05) is 11.9 Å². The van der Waals surface area contributed by atoms with Crippen LogP contribution in [0.5, 0.6) is 5.75 Å². The van der Waals surface area contributed by atoms with Crippen molar-refractivity contribution in [3.05, 3.63) is 90.0 Å². The Bertz CT molecular complexity index is 1400. The lowest BCUT2D eigenvalue weighted by molar-refractivity contribution is 0.0603. The molecular weight excluding hydrogens is 362 g/mol. The van der Waals surface area contributed by atoms with Gasteiger partial charge < -0.3 is 14.4 Å². The van der Waals surface area contributed by atoms with Crippen LogP contribution in [0.15, 0.2) is 78.9 Å². The Hall–Kier alpha value is -3.79. The third kappa shape index (κ3) is 2.72. The van der Waals surface area contributed by atoms with Gasteiger partial charge in [0.05, 0.1) is 29.1 Å². The van der Waals surface area contributed by atoms with Crippen LogP contribution in [0, 0.1) is 0 Å². The molecule has 4 nitrogen and oxygen atoms in total. The first-order chi connectivity index (χ1) is 14.2. The van der Waals surface area contributed by atoms with Crippen LogP contribution in [0.4, 0.5) is 0 Å². The van der Waals surface area contributed by atoms with E-state index in [0.717, 1.165) is 16.6 Å². The monoisotopic (exact) mass is 381 g/mol. The molecule has 0 aliphatic rings. The van der Waals surface area contributed by atoms with Crippen LogP contribution in [0.1, 0.15) is 15.9 Å². The zero-order valence-corrected chi connectivity index (χ0v) is 15.9. The number of benzene rings is 4. The molecule has 29 heavy (non-hydrogen) atoms. The van der Waals surface area contributed by atoms with Crippen LogP contribution in [0.3, 0.4) is 0 Å². The summed E-state index contributed by atoms with van der Waals surface area (Å²) >= 11 is 0. The minimum atomic E-state index is -0.413. The number of rotatable bonds is 3. The molecule has 0 spiro atoms. The Morgan fingerprint density at radius 1 is 0.862 bits per heavy atom. The van der Waals surface area contributed by atoms with E-state index >= 15 is 0 Å². The fraction of sp³-hybridized carbons (Fsp3) is 0.0800. The Balaban J connectivity index is 1.78. The van der Waals surface area contributed by atoms with Crippen molar-refractivity contribution in [1.29, 1.82) is 0 Å². The molecule has 0 aliphatic heterocycles. The molecule has 142 valence electrons. The van der Waals surface area contributed by atoms with Crippen molar-refractivity contribution < 1.29 is 14.6 Å². The van der Waals surface area contributed by atoms with E-state index in [-0.39, 0.29) is 5.75 Å². The van der Waals surface area contributed by atoms with Crippen molar-refractivity contribution in [2.75, 3.05) is 7.11 Å². The highest BCUT2D eigenvalue weighted by molar-refractivity contribution is 6.19. The first-order valence-corrected chi connectivity index (χ1v) is 9.46. The Kier molecular flexibility index (Phi) is 3.98. The number of ether oxygens (including phenoxy) is 1. The number of carbonyl (C=O) groups excluding carboxylic acids is 1. The standard InChI is InChI=1S/C25H19NO3/c1-29-25(28)19-8-4-9-20-23(19)24-21(10-5-11-22(24)27)26(20)15-16-12-13-17-6-2-3-7-18(17)14-16/h2-14,27H,15H2,1H3. The molecule has 0 fully saturated rings. The molecule has 0 radical (unpaired) electrons. The summed E-state index contributed by atoms with van der Waals surface area (Å²) in [5.74, 6) is -0.260. The SMILES string of the molecule is COC(=O)c1cccc2c1c1c(O)cccc1n2Cc1ccc2ccccc2c1. The maximum Gasteiger partial charge on any atom is 0.338 e. The number of aromatic hydroxyl groups is 1. The van der Waals surface area contributed by atoms with Gasteiger partial charge in [-0.15, -0.1) is 0 Å². The maximum absolute atomic E-state index is 12.4. The van der Waals surface area contributed by atoms with Crippen LogP contribution in [0.25, 0.3) is 32.6 Å². The summed E-state index contributed by atoms with van der Waals surface area (Å²) in [7, 11) is 1.37. The van der Waals surface area contributed by atoms with E-state index in [1.165, 1.54) is 17.9 Å². The summed E-state index contributed by atoms with van der Waals surface area (Å²) in [5, 5.41) is 14.4. The minimum absolute atomic E-state index is 0.154. The van der Waals surface area contributed by atoms with E-state index in [0.29, 0.717) is 22.9 Å². The number of nitrogens with zero attached hydrogens (tertiary/aromatic N) is 1. The number of carbonyl (C=O) groups is 1.